The van der Waals surface area contributed by atoms with E-state index in [4.69, 9.17) is 11.6 Å². The molecule has 2 rings (SSSR count). The third kappa shape index (κ3) is 2.90. The molecule has 1 aliphatic carbocycles. The molecule has 0 aromatic heterocycles. The van der Waals surface area contributed by atoms with Crippen molar-refractivity contribution in [2.45, 2.75) is 37.8 Å². The maximum absolute atomic E-state index is 9.88. The van der Waals surface area contributed by atoms with Gasteiger partial charge in [-0.25, -0.2) is 0 Å². The Morgan fingerprint density at radius 2 is 2.06 bits per heavy atom. The molecular formula is C12H15BrClNO. The van der Waals surface area contributed by atoms with Crippen LogP contribution in [0, 0.1) is 0 Å². The lowest BCUT2D eigenvalue weighted by atomic mass is 9.92. The SMILES string of the molecule is OC1CCCCC1Nc1cc(Cl)ccc1Br. The first-order chi connectivity index (χ1) is 7.66. The van der Waals surface area contributed by atoms with Gasteiger partial charge in [0, 0.05) is 9.50 Å². The molecule has 1 aliphatic rings. The van der Waals surface area contributed by atoms with Gasteiger partial charge in [-0.1, -0.05) is 24.4 Å². The summed E-state index contributed by atoms with van der Waals surface area (Å²) in [6.45, 7) is 0. The monoisotopic (exact) mass is 303 g/mol. The number of aliphatic hydroxyl groups excluding tert-OH is 1. The molecule has 0 radical (unpaired) electrons. The van der Waals surface area contributed by atoms with Gasteiger partial charge >= 0.3 is 0 Å². The number of hydrogen-bond donors (Lipinski definition) is 2. The first-order valence-corrected chi connectivity index (χ1v) is 6.73. The number of halogens is 2. The average Bonchev–Trinajstić information content (AvgIpc) is 2.27. The summed E-state index contributed by atoms with van der Waals surface area (Å²) in [4.78, 5) is 0. The van der Waals surface area contributed by atoms with E-state index >= 15 is 0 Å². The largest absolute Gasteiger partial charge is 0.391 e. The molecule has 2 nitrogen and oxygen atoms in total. The second kappa shape index (κ2) is 5.39. The van der Waals surface area contributed by atoms with Gasteiger partial charge in [-0.15, -0.1) is 0 Å². The van der Waals surface area contributed by atoms with Crippen LogP contribution in [0.5, 0.6) is 0 Å². The minimum Gasteiger partial charge on any atom is -0.391 e. The van der Waals surface area contributed by atoms with Crippen molar-refractivity contribution in [2.75, 3.05) is 5.32 Å². The molecule has 1 saturated carbocycles. The molecule has 2 atom stereocenters. The van der Waals surface area contributed by atoms with Crippen molar-refractivity contribution in [3.8, 4) is 0 Å². The molecule has 16 heavy (non-hydrogen) atoms. The fraction of sp³-hybridized carbons (Fsp3) is 0.500. The van der Waals surface area contributed by atoms with E-state index in [0.29, 0.717) is 5.02 Å². The lowest BCUT2D eigenvalue weighted by molar-refractivity contribution is 0.116. The van der Waals surface area contributed by atoms with Crippen LogP contribution < -0.4 is 5.32 Å². The van der Waals surface area contributed by atoms with Crippen molar-refractivity contribution in [1.29, 1.82) is 0 Å². The summed E-state index contributed by atoms with van der Waals surface area (Å²) < 4.78 is 0.981. The number of hydrogen-bond acceptors (Lipinski definition) is 2. The summed E-state index contributed by atoms with van der Waals surface area (Å²) in [6, 6.07) is 5.78. The first-order valence-electron chi connectivity index (χ1n) is 5.56. The van der Waals surface area contributed by atoms with E-state index in [-0.39, 0.29) is 12.1 Å². The van der Waals surface area contributed by atoms with E-state index < -0.39 is 0 Å². The van der Waals surface area contributed by atoms with Crippen LogP contribution in [0.1, 0.15) is 25.7 Å². The molecule has 1 aromatic carbocycles. The van der Waals surface area contributed by atoms with Gasteiger partial charge in [-0.2, -0.15) is 0 Å². The maximum atomic E-state index is 9.88. The summed E-state index contributed by atoms with van der Waals surface area (Å²) in [6.07, 6.45) is 3.94. The Hall–Kier alpha value is -0.250. The van der Waals surface area contributed by atoms with E-state index in [0.717, 1.165) is 29.4 Å². The summed E-state index contributed by atoms with van der Waals surface area (Å²) in [5.41, 5.74) is 0.957. The molecule has 1 fully saturated rings. The van der Waals surface area contributed by atoms with Crippen LogP contribution in [0.2, 0.25) is 5.02 Å². The predicted molar refractivity (Wildman–Crippen MR) is 71.0 cm³/mol. The van der Waals surface area contributed by atoms with Gasteiger partial charge in [0.15, 0.2) is 0 Å². The normalized spacial score (nSPS) is 25.4. The average molecular weight is 305 g/mol. The third-order valence-electron chi connectivity index (χ3n) is 3.00. The van der Waals surface area contributed by atoms with Crippen LogP contribution >= 0.6 is 27.5 Å². The molecular weight excluding hydrogens is 289 g/mol. The Balaban J connectivity index is 2.10. The van der Waals surface area contributed by atoms with Crippen molar-refractivity contribution < 1.29 is 5.11 Å². The zero-order valence-corrected chi connectivity index (χ0v) is 11.3. The molecule has 0 aliphatic heterocycles. The summed E-state index contributed by atoms with van der Waals surface area (Å²) >= 11 is 9.42. The fourth-order valence-corrected chi connectivity index (χ4v) is 2.62. The number of anilines is 1. The van der Waals surface area contributed by atoms with Gasteiger partial charge in [-0.3, -0.25) is 0 Å². The quantitative estimate of drug-likeness (QED) is 0.870. The molecule has 4 heteroatoms. The van der Waals surface area contributed by atoms with Crippen LogP contribution in [-0.4, -0.2) is 17.3 Å². The Kier molecular flexibility index (Phi) is 4.11. The molecule has 2 unspecified atom stereocenters. The smallest absolute Gasteiger partial charge is 0.0741 e. The fourth-order valence-electron chi connectivity index (χ4n) is 2.09. The second-order valence-electron chi connectivity index (χ2n) is 4.23. The van der Waals surface area contributed by atoms with Crippen molar-refractivity contribution in [2.24, 2.45) is 0 Å². The van der Waals surface area contributed by atoms with Crippen molar-refractivity contribution in [3.05, 3.63) is 27.7 Å². The highest BCUT2D eigenvalue weighted by Crippen LogP contribution is 2.29. The topological polar surface area (TPSA) is 32.3 Å². The number of aliphatic hydroxyl groups is 1. The predicted octanol–water partition coefficient (Wildman–Crippen LogP) is 3.82. The number of benzene rings is 1. The highest BCUT2D eigenvalue weighted by atomic mass is 79.9. The van der Waals surface area contributed by atoms with Crippen LogP contribution in [0.4, 0.5) is 5.69 Å². The zero-order chi connectivity index (χ0) is 11.5. The lowest BCUT2D eigenvalue weighted by Gasteiger charge is -2.29. The molecule has 1 aromatic rings. The molecule has 2 N–H and O–H groups in total. The number of rotatable bonds is 2. The van der Waals surface area contributed by atoms with Gasteiger partial charge in [0.2, 0.25) is 0 Å². The van der Waals surface area contributed by atoms with E-state index in [2.05, 4.69) is 21.2 Å². The standard InChI is InChI=1S/C12H15BrClNO/c13-9-6-5-8(14)7-11(9)15-10-3-1-2-4-12(10)16/h5-7,10,12,15-16H,1-4H2. The van der Waals surface area contributed by atoms with Gasteiger partial charge in [0.25, 0.3) is 0 Å². The summed E-state index contributed by atoms with van der Waals surface area (Å²) in [5.74, 6) is 0. The van der Waals surface area contributed by atoms with Crippen LogP contribution in [0.15, 0.2) is 22.7 Å². The van der Waals surface area contributed by atoms with Crippen LogP contribution in [0.25, 0.3) is 0 Å². The van der Waals surface area contributed by atoms with Gasteiger partial charge in [0.1, 0.15) is 0 Å². The first kappa shape index (κ1) is 12.2. The van der Waals surface area contributed by atoms with E-state index in [1.807, 2.05) is 18.2 Å². The molecule has 0 amide bonds. The lowest BCUT2D eigenvalue weighted by Crippen LogP contribution is -2.36. The molecule has 88 valence electrons. The van der Waals surface area contributed by atoms with Crippen LogP contribution in [-0.2, 0) is 0 Å². The van der Waals surface area contributed by atoms with Gasteiger partial charge in [0.05, 0.1) is 17.8 Å². The minimum absolute atomic E-state index is 0.142. The molecule has 0 spiro atoms. The van der Waals surface area contributed by atoms with E-state index in [1.165, 1.54) is 6.42 Å². The maximum Gasteiger partial charge on any atom is 0.0741 e. The Morgan fingerprint density at radius 3 is 2.81 bits per heavy atom. The zero-order valence-electron chi connectivity index (χ0n) is 8.92. The van der Waals surface area contributed by atoms with Gasteiger partial charge in [-0.05, 0) is 47.0 Å². The van der Waals surface area contributed by atoms with E-state index in [1.54, 1.807) is 0 Å². The number of nitrogens with one attached hydrogen (secondary N) is 1. The van der Waals surface area contributed by atoms with Gasteiger partial charge < -0.3 is 10.4 Å². The van der Waals surface area contributed by atoms with Crippen molar-refractivity contribution >= 4 is 33.2 Å². The van der Waals surface area contributed by atoms with Crippen molar-refractivity contribution in [1.82, 2.24) is 0 Å². The highest BCUT2D eigenvalue weighted by molar-refractivity contribution is 9.10. The summed E-state index contributed by atoms with van der Waals surface area (Å²) in [5, 5.41) is 13.9. The van der Waals surface area contributed by atoms with E-state index in [9.17, 15) is 5.11 Å². The third-order valence-corrected chi connectivity index (χ3v) is 3.93. The minimum atomic E-state index is -0.250. The Labute approximate surface area is 109 Å². The molecule has 0 heterocycles. The molecule has 0 saturated heterocycles. The summed E-state index contributed by atoms with van der Waals surface area (Å²) in [7, 11) is 0. The Morgan fingerprint density at radius 1 is 1.31 bits per heavy atom. The second-order valence-corrected chi connectivity index (χ2v) is 5.52. The Bertz CT molecular complexity index is 372. The molecule has 0 bridgehead atoms. The van der Waals surface area contributed by atoms with Crippen LogP contribution in [0.3, 0.4) is 0 Å². The highest BCUT2D eigenvalue weighted by Gasteiger charge is 2.23. The van der Waals surface area contributed by atoms with Crippen molar-refractivity contribution in [3.63, 3.8) is 0 Å².